The standard InChI is InChI=1S/C80H143NO18/c1-3-5-7-9-11-13-15-17-19-21-23-25-27-29-31-33-35-37-39-41-43-45-47-49-51-53-55-57-64(85)63(81-68(86)58-56-54-52-50-48-46-44-42-40-38-36-34-32-30-28-26-24-22-20-18-16-14-12-10-8-6-4-2)62-94-78-74(92)71(89)76(66(60-83)96-78)99-80-75(93)72(90)77(67(61-84)97-80)98-79-73(91)70(88)69(87)65(59-82)95-79/h16,18,22,24,28,30,39,41,47,49,55,57,63-67,69-80,82-85,87-93H,3-15,17,19-21,23,25-27,29,31-38,40,42-46,48,50-54,56,58-62H2,1-2H3,(H,81,86)/b18-16-,24-22-,30-28-,41-39+,49-47+,57-55+. The number of hydrogen-bond donors (Lipinski definition) is 12. The molecule has 0 aromatic carbocycles. The van der Waals surface area contributed by atoms with Crippen LogP contribution >= 0.6 is 0 Å². The van der Waals surface area contributed by atoms with Gasteiger partial charge in [-0.2, -0.15) is 0 Å². The monoisotopic (exact) mass is 1410 g/mol. The van der Waals surface area contributed by atoms with Gasteiger partial charge in [-0.1, -0.05) is 279 Å². The number of carbonyl (C=O) groups excluding carboxylic acids is 1. The molecule has 0 saturated carbocycles. The lowest BCUT2D eigenvalue weighted by Gasteiger charge is -2.48. The summed E-state index contributed by atoms with van der Waals surface area (Å²) in [6.07, 6.45) is 51.7. The Morgan fingerprint density at radius 1 is 0.364 bits per heavy atom. The molecule has 1 amide bonds. The molecule has 0 aromatic heterocycles. The van der Waals surface area contributed by atoms with Crippen LogP contribution in [0.3, 0.4) is 0 Å². The maximum absolute atomic E-state index is 13.5. The molecule has 12 N–H and O–H groups in total. The summed E-state index contributed by atoms with van der Waals surface area (Å²) in [6.45, 7) is 1.72. The van der Waals surface area contributed by atoms with E-state index in [1.165, 1.54) is 193 Å². The second-order valence-electron chi connectivity index (χ2n) is 28.2. The van der Waals surface area contributed by atoms with Gasteiger partial charge in [0.15, 0.2) is 18.9 Å². The number of amides is 1. The Labute approximate surface area is 598 Å². The van der Waals surface area contributed by atoms with Crippen molar-refractivity contribution in [3.8, 4) is 0 Å². The van der Waals surface area contributed by atoms with E-state index in [1.807, 2.05) is 6.08 Å². The van der Waals surface area contributed by atoms with E-state index in [4.69, 9.17) is 28.4 Å². The fourth-order valence-electron chi connectivity index (χ4n) is 13.1. The van der Waals surface area contributed by atoms with Gasteiger partial charge < -0.3 is 89.9 Å². The minimum absolute atomic E-state index is 0.227. The van der Waals surface area contributed by atoms with Gasteiger partial charge in [0.25, 0.3) is 0 Å². The third-order valence-electron chi connectivity index (χ3n) is 19.5. The lowest BCUT2D eigenvalue weighted by molar-refractivity contribution is -0.379. The quantitative estimate of drug-likeness (QED) is 0.0199. The van der Waals surface area contributed by atoms with E-state index in [-0.39, 0.29) is 18.9 Å². The summed E-state index contributed by atoms with van der Waals surface area (Å²) in [7, 11) is 0. The van der Waals surface area contributed by atoms with Crippen LogP contribution in [-0.4, -0.2) is 193 Å². The second kappa shape index (κ2) is 60.5. The molecule has 3 aliphatic heterocycles. The van der Waals surface area contributed by atoms with Crippen molar-refractivity contribution in [2.24, 2.45) is 0 Å². The molecule has 3 heterocycles. The molecule has 0 aromatic rings. The normalized spacial score (nSPS) is 27.0. The minimum Gasteiger partial charge on any atom is -0.394 e. The first-order valence-electron chi connectivity index (χ1n) is 39.7. The Balaban J connectivity index is 1.41. The fraction of sp³-hybridized carbons (Fsp3) is 0.838. The second-order valence-corrected chi connectivity index (χ2v) is 28.2. The first-order chi connectivity index (χ1) is 48.3. The van der Waals surface area contributed by atoms with Gasteiger partial charge in [-0.15, -0.1) is 0 Å². The molecular formula is C80H143NO18. The summed E-state index contributed by atoms with van der Waals surface area (Å²) in [5.74, 6) is -0.291. The number of allylic oxidation sites excluding steroid dienone is 11. The largest absolute Gasteiger partial charge is 0.394 e. The number of unbranched alkanes of at least 4 members (excludes halogenated alkanes) is 36. The molecule has 17 unspecified atom stereocenters. The predicted molar refractivity (Wildman–Crippen MR) is 392 cm³/mol. The third-order valence-corrected chi connectivity index (χ3v) is 19.5. The van der Waals surface area contributed by atoms with Gasteiger partial charge in [-0.3, -0.25) is 4.79 Å². The summed E-state index contributed by atoms with van der Waals surface area (Å²) in [5.41, 5.74) is 0. The smallest absolute Gasteiger partial charge is 0.220 e. The van der Waals surface area contributed by atoms with E-state index in [0.717, 1.165) is 70.6 Å². The van der Waals surface area contributed by atoms with E-state index >= 15 is 0 Å². The van der Waals surface area contributed by atoms with E-state index < -0.39 is 124 Å². The predicted octanol–water partition coefficient (Wildman–Crippen LogP) is 12.8. The average Bonchev–Trinajstić information content (AvgIpc) is 0.784. The molecule has 3 rings (SSSR count). The van der Waals surface area contributed by atoms with Crippen LogP contribution in [0.15, 0.2) is 72.9 Å². The van der Waals surface area contributed by atoms with E-state index in [2.05, 4.69) is 79.9 Å². The molecule has 0 bridgehead atoms. The molecule has 0 radical (unpaired) electrons. The average molecular weight is 1410 g/mol. The summed E-state index contributed by atoms with van der Waals surface area (Å²) in [6, 6.07) is -1.00. The summed E-state index contributed by atoms with van der Waals surface area (Å²) < 4.78 is 34.4. The van der Waals surface area contributed by atoms with Crippen molar-refractivity contribution in [1.82, 2.24) is 5.32 Å². The summed E-state index contributed by atoms with van der Waals surface area (Å²) in [5, 5.41) is 121. The minimum atomic E-state index is -1.99. The fourth-order valence-corrected chi connectivity index (χ4v) is 13.1. The SMILES string of the molecule is CCCCCCC/C=C\C/C=C\C/C=C\CCCCCCCCCCCCCCC(=O)NC(COC1OC(CO)C(OC2OC(CO)C(OC3OC(CO)C(O)C(O)C3O)C(O)C2O)C(O)C1O)C(O)/C=C/CC/C=C/CC/C=C/CCCCCCCCCCCCCCCCCCC. The van der Waals surface area contributed by atoms with Crippen LogP contribution in [0, 0.1) is 0 Å². The number of rotatable bonds is 62. The zero-order valence-corrected chi connectivity index (χ0v) is 61.5. The van der Waals surface area contributed by atoms with Crippen LogP contribution in [0.2, 0.25) is 0 Å². The zero-order valence-electron chi connectivity index (χ0n) is 61.5. The Kier molecular flexibility index (Phi) is 55.3. The van der Waals surface area contributed by atoms with Crippen LogP contribution in [-0.2, 0) is 33.2 Å². The molecule has 19 heteroatoms. The summed E-state index contributed by atoms with van der Waals surface area (Å²) >= 11 is 0. The van der Waals surface area contributed by atoms with E-state index in [0.29, 0.717) is 12.8 Å². The number of aliphatic hydroxyl groups excluding tert-OH is 11. The van der Waals surface area contributed by atoms with Gasteiger partial charge in [0.2, 0.25) is 5.91 Å². The van der Waals surface area contributed by atoms with Crippen molar-refractivity contribution in [1.29, 1.82) is 0 Å². The molecular weight excluding hydrogens is 1260 g/mol. The molecule has 0 spiro atoms. The lowest BCUT2D eigenvalue weighted by Crippen LogP contribution is -2.66. The Morgan fingerprint density at radius 2 is 0.677 bits per heavy atom. The van der Waals surface area contributed by atoms with Crippen molar-refractivity contribution >= 4 is 5.91 Å². The molecule has 17 atom stereocenters. The number of ether oxygens (including phenoxy) is 6. The van der Waals surface area contributed by atoms with E-state index in [9.17, 15) is 61.0 Å². The molecule has 19 nitrogen and oxygen atoms in total. The maximum Gasteiger partial charge on any atom is 0.220 e. The van der Waals surface area contributed by atoms with E-state index in [1.54, 1.807) is 6.08 Å². The first-order valence-corrected chi connectivity index (χ1v) is 39.7. The topological polar surface area (TPSA) is 307 Å². The molecule has 576 valence electrons. The highest BCUT2D eigenvalue weighted by molar-refractivity contribution is 5.76. The number of carbonyl (C=O) groups is 1. The molecule has 99 heavy (non-hydrogen) atoms. The van der Waals surface area contributed by atoms with Crippen LogP contribution in [0.4, 0.5) is 0 Å². The van der Waals surface area contributed by atoms with Gasteiger partial charge in [0.1, 0.15) is 73.2 Å². The summed E-state index contributed by atoms with van der Waals surface area (Å²) in [4.78, 5) is 13.5. The Hall–Kier alpha value is -2.77. The highest BCUT2D eigenvalue weighted by Crippen LogP contribution is 2.33. The zero-order chi connectivity index (χ0) is 71.8. The number of aliphatic hydroxyl groups is 11. The number of hydrogen-bond acceptors (Lipinski definition) is 18. The van der Waals surface area contributed by atoms with Gasteiger partial charge in [-0.05, 0) is 83.5 Å². The van der Waals surface area contributed by atoms with Crippen molar-refractivity contribution in [2.75, 3.05) is 26.4 Å². The number of nitrogens with one attached hydrogen (secondary N) is 1. The highest BCUT2D eigenvalue weighted by atomic mass is 16.8. The van der Waals surface area contributed by atoms with Crippen molar-refractivity contribution in [3.05, 3.63) is 72.9 Å². The van der Waals surface area contributed by atoms with Crippen molar-refractivity contribution in [3.63, 3.8) is 0 Å². The molecule has 3 fully saturated rings. The van der Waals surface area contributed by atoms with Gasteiger partial charge in [-0.25, -0.2) is 0 Å². The van der Waals surface area contributed by atoms with Crippen LogP contribution in [0.5, 0.6) is 0 Å². The van der Waals surface area contributed by atoms with Crippen molar-refractivity contribution in [2.45, 2.75) is 401 Å². The maximum atomic E-state index is 13.5. The Morgan fingerprint density at radius 3 is 1.08 bits per heavy atom. The molecule has 0 aliphatic carbocycles. The lowest BCUT2D eigenvalue weighted by atomic mass is 9.96. The Bertz CT molecular complexity index is 2070. The van der Waals surface area contributed by atoms with Crippen LogP contribution in [0.25, 0.3) is 0 Å². The highest BCUT2D eigenvalue weighted by Gasteiger charge is 2.53. The van der Waals surface area contributed by atoms with Gasteiger partial charge in [0.05, 0.1) is 38.6 Å². The third kappa shape index (κ3) is 40.9. The van der Waals surface area contributed by atoms with Crippen molar-refractivity contribution < 1.29 is 89.4 Å². The van der Waals surface area contributed by atoms with Crippen LogP contribution < -0.4 is 5.32 Å². The van der Waals surface area contributed by atoms with Gasteiger partial charge in [0, 0.05) is 6.42 Å². The van der Waals surface area contributed by atoms with Crippen LogP contribution in [0.1, 0.15) is 296 Å². The van der Waals surface area contributed by atoms with Gasteiger partial charge >= 0.3 is 0 Å². The molecule has 3 saturated heterocycles. The molecule has 3 aliphatic rings. The first kappa shape index (κ1) is 90.4.